The van der Waals surface area contributed by atoms with Crippen LogP contribution in [-0.2, 0) is 13.0 Å². The van der Waals surface area contributed by atoms with Crippen LogP contribution >= 0.6 is 0 Å². The third kappa shape index (κ3) is 3.45. The second-order valence-electron chi connectivity index (χ2n) is 6.30. The number of fused-ring (bicyclic) bond motifs is 1. The number of aryl methyl sites for hydroxylation is 4. The average molecular weight is 322 g/mol. The molecule has 0 saturated carbocycles. The van der Waals surface area contributed by atoms with E-state index < -0.39 is 0 Å². The number of unbranched alkanes of at least 4 members (excludes halogenated alkanes) is 1. The Bertz CT molecular complexity index is 800. The lowest BCUT2D eigenvalue weighted by atomic mass is 10.1. The molecule has 3 aromatic rings. The van der Waals surface area contributed by atoms with Gasteiger partial charge in [0.1, 0.15) is 11.6 Å². The molecule has 0 spiro atoms. The van der Waals surface area contributed by atoms with Gasteiger partial charge in [-0.15, -0.1) is 0 Å². The SMILES string of the molecule is CCc1nc2ccccc2n1CCCCOc1c(C)cccc1C. The molecular formula is C21H26N2O. The number of rotatable bonds is 7. The summed E-state index contributed by atoms with van der Waals surface area (Å²) in [5.74, 6) is 2.21. The fraction of sp³-hybridized carbons (Fsp3) is 0.381. The molecule has 126 valence electrons. The first-order chi connectivity index (χ1) is 11.7. The first-order valence-electron chi connectivity index (χ1n) is 8.84. The first kappa shape index (κ1) is 16.6. The summed E-state index contributed by atoms with van der Waals surface area (Å²) in [5.41, 5.74) is 4.76. The molecule has 0 atom stereocenters. The van der Waals surface area contributed by atoms with Crippen LogP contribution in [-0.4, -0.2) is 16.2 Å². The molecule has 0 saturated heterocycles. The highest BCUT2D eigenvalue weighted by molar-refractivity contribution is 5.75. The van der Waals surface area contributed by atoms with E-state index in [0.29, 0.717) is 0 Å². The van der Waals surface area contributed by atoms with Crippen LogP contribution in [0.4, 0.5) is 0 Å². The van der Waals surface area contributed by atoms with E-state index >= 15 is 0 Å². The van der Waals surface area contributed by atoms with Crippen molar-refractivity contribution in [2.75, 3.05) is 6.61 Å². The van der Waals surface area contributed by atoms with Crippen LogP contribution in [0.25, 0.3) is 11.0 Å². The number of hydrogen-bond donors (Lipinski definition) is 0. The molecule has 0 N–H and O–H groups in total. The molecule has 0 aliphatic rings. The standard InChI is InChI=1S/C21H26N2O/c1-4-20-22-18-12-5-6-13-19(18)23(20)14-7-8-15-24-21-16(2)10-9-11-17(21)3/h5-6,9-13H,4,7-8,14-15H2,1-3H3. The Morgan fingerprint density at radius 1 is 0.958 bits per heavy atom. The molecule has 0 unspecified atom stereocenters. The molecule has 0 amide bonds. The molecule has 1 aromatic heterocycles. The molecule has 0 bridgehead atoms. The van der Waals surface area contributed by atoms with Crippen LogP contribution < -0.4 is 4.74 Å². The molecule has 0 aliphatic carbocycles. The topological polar surface area (TPSA) is 27.1 Å². The van der Waals surface area contributed by atoms with Gasteiger partial charge >= 0.3 is 0 Å². The number of ether oxygens (including phenoxy) is 1. The van der Waals surface area contributed by atoms with Gasteiger partial charge in [0.15, 0.2) is 0 Å². The summed E-state index contributed by atoms with van der Waals surface area (Å²) in [5, 5.41) is 0. The summed E-state index contributed by atoms with van der Waals surface area (Å²) in [6, 6.07) is 14.7. The Kier molecular flexibility index (Phi) is 5.19. The van der Waals surface area contributed by atoms with Crippen molar-refractivity contribution in [2.45, 2.75) is 46.6 Å². The molecule has 0 fully saturated rings. The predicted octanol–water partition coefficient (Wildman–Crippen LogP) is 5.07. The highest BCUT2D eigenvalue weighted by Crippen LogP contribution is 2.23. The molecule has 1 heterocycles. The van der Waals surface area contributed by atoms with Crippen molar-refractivity contribution in [1.82, 2.24) is 9.55 Å². The third-order valence-corrected chi connectivity index (χ3v) is 4.48. The fourth-order valence-corrected chi connectivity index (χ4v) is 3.22. The summed E-state index contributed by atoms with van der Waals surface area (Å²) in [7, 11) is 0. The van der Waals surface area contributed by atoms with E-state index in [0.717, 1.165) is 43.7 Å². The summed E-state index contributed by atoms with van der Waals surface area (Å²) >= 11 is 0. The van der Waals surface area contributed by atoms with Crippen LogP contribution in [0.2, 0.25) is 0 Å². The zero-order chi connectivity index (χ0) is 16.9. The van der Waals surface area contributed by atoms with Gasteiger partial charge in [0.2, 0.25) is 0 Å². The maximum absolute atomic E-state index is 6.01. The summed E-state index contributed by atoms with van der Waals surface area (Å²) in [6.45, 7) is 8.14. The lowest BCUT2D eigenvalue weighted by molar-refractivity contribution is 0.299. The number of nitrogens with zero attached hydrogens (tertiary/aromatic N) is 2. The summed E-state index contributed by atoms with van der Waals surface area (Å²) < 4.78 is 8.36. The van der Waals surface area contributed by atoms with E-state index in [-0.39, 0.29) is 0 Å². The van der Waals surface area contributed by atoms with Gasteiger partial charge in [-0.3, -0.25) is 0 Å². The van der Waals surface area contributed by atoms with Gasteiger partial charge in [-0.05, 0) is 49.9 Å². The molecule has 24 heavy (non-hydrogen) atoms. The van der Waals surface area contributed by atoms with Gasteiger partial charge in [-0.2, -0.15) is 0 Å². The van der Waals surface area contributed by atoms with Crippen LogP contribution in [0.5, 0.6) is 5.75 Å². The zero-order valence-electron chi connectivity index (χ0n) is 14.9. The minimum absolute atomic E-state index is 0.764. The van der Waals surface area contributed by atoms with E-state index in [1.54, 1.807) is 0 Å². The summed E-state index contributed by atoms with van der Waals surface area (Å²) in [4.78, 5) is 4.73. The van der Waals surface area contributed by atoms with Crippen molar-refractivity contribution in [3.05, 3.63) is 59.4 Å². The molecule has 3 nitrogen and oxygen atoms in total. The van der Waals surface area contributed by atoms with Crippen LogP contribution in [0.1, 0.15) is 36.7 Å². The Morgan fingerprint density at radius 3 is 2.46 bits per heavy atom. The normalized spacial score (nSPS) is 11.1. The monoisotopic (exact) mass is 322 g/mol. The quantitative estimate of drug-likeness (QED) is 0.568. The average Bonchev–Trinajstić information content (AvgIpc) is 2.95. The molecule has 0 radical (unpaired) electrons. The van der Waals surface area contributed by atoms with Crippen molar-refractivity contribution in [3.8, 4) is 5.75 Å². The Hall–Kier alpha value is -2.29. The Balaban J connectivity index is 1.57. The van der Waals surface area contributed by atoms with Crippen LogP contribution in [0.3, 0.4) is 0 Å². The Morgan fingerprint density at radius 2 is 1.71 bits per heavy atom. The van der Waals surface area contributed by atoms with Crippen molar-refractivity contribution >= 4 is 11.0 Å². The second kappa shape index (κ2) is 7.52. The van der Waals surface area contributed by atoms with E-state index in [1.165, 1.54) is 22.5 Å². The molecule has 3 rings (SSSR count). The van der Waals surface area contributed by atoms with Crippen LogP contribution in [0, 0.1) is 13.8 Å². The number of imidazole rings is 1. The molecule has 3 heteroatoms. The van der Waals surface area contributed by atoms with Crippen molar-refractivity contribution < 1.29 is 4.74 Å². The molecule has 0 aliphatic heterocycles. The van der Waals surface area contributed by atoms with Gasteiger partial charge in [-0.1, -0.05) is 37.3 Å². The first-order valence-corrected chi connectivity index (χ1v) is 8.84. The predicted molar refractivity (Wildman–Crippen MR) is 99.8 cm³/mol. The van der Waals surface area contributed by atoms with Gasteiger partial charge in [0.25, 0.3) is 0 Å². The van der Waals surface area contributed by atoms with E-state index in [1.807, 2.05) is 0 Å². The lowest BCUT2D eigenvalue weighted by Gasteiger charge is -2.12. The van der Waals surface area contributed by atoms with Gasteiger partial charge in [0, 0.05) is 13.0 Å². The summed E-state index contributed by atoms with van der Waals surface area (Å²) in [6.07, 6.45) is 3.11. The highest BCUT2D eigenvalue weighted by Gasteiger charge is 2.08. The molecular weight excluding hydrogens is 296 g/mol. The second-order valence-corrected chi connectivity index (χ2v) is 6.30. The fourth-order valence-electron chi connectivity index (χ4n) is 3.22. The van der Waals surface area contributed by atoms with E-state index in [4.69, 9.17) is 9.72 Å². The number of benzene rings is 2. The number of aromatic nitrogens is 2. The zero-order valence-corrected chi connectivity index (χ0v) is 14.9. The van der Waals surface area contributed by atoms with Gasteiger partial charge in [-0.25, -0.2) is 4.98 Å². The molecule has 2 aromatic carbocycles. The third-order valence-electron chi connectivity index (χ3n) is 4.48. The van der Waals surface area contributed by atoms with Crippen molar-refractivity contribution in [2.24, 2.45) is 0 Å². The minimum Gasteiger partial charge on any atom is -0.493 e. The highest BCUT2D eigenvalue weighted by atomic mass is 16.5. The lowest BCUT2D eigenvalue weighted by Crippen LogP contribution is -2.06. The van der Waals surface area contributed by atoms with Gasteiger partial charge in [0.05, 0.1) is 17.6 Å². The minimum atomic E-state index is 0.764. The van der Waals surface area contributed by atoms with E-state index in [9.17, 15) is 0 Å². The van der Waals surface area contributed by atoms with Crippen molar-refractivity contribution in [1.29, 1.82) is 0 Å². The largest absolute Gasteiger partial charge is 0.493 e. The Labute approximate surface area is 144 Å². The number of para-hydroxylation sites is 3. The van der Waals surface area contributed by atoms with Crippen LogP contribution in [0.15, 0.2) is 42.5 Å². The maximum atomic E-state index is 6.01. The van der Waals surface area contributed by atoms with E-state index in [2.05, 4.69) is 67.8 Å². The van der Waals surface area contributed by atoms with Gasteiger partial charge < -0.3 is 9.30 Å². The van der Waals surface area contributed by atoms with Crippen molar-refractivity contribution in [3.63, 3.8) is 0 Å². The maximum Gasteiger partial charge on any atom is 0.125 e. The number of hydrogen-bond acceptors (Lipinski definition) is 2. The smallest absolute Gasteiger partial charge is 0.125 e.